The summed E-state index contributed by atoms with van der Waals surface area (Å²) < 4.78 is 0. The lowest BCUT2D eigenvalue weighted by Crippen LogP contribution is -2.45. The molecule has 0 aliphatic carbocycles. The summed E-state index contributed by atoms with van der Waals surface area (Å²) in [5, 5.41) is 5.41. The molecule has 0 spiro atoms. The number of unbranched alkanes of at least 4 members (excludes halogenated alkanes) is 2. The molecule has 0 heterocycles. The molecule has 0 aromatic heterocycles. The van der Waals surface area contributed by atoms with Gasteiger partial charge in [-0.25, -0.2) is 4.79 Å². The third kappa shape index (κ3) is 13.9. The molecule has 0 aromatic rings. The third-order valence-electron chi connectivity index (χ3n) is 5.46. The zero-order chi connectivity index (χ0) is 24.0. The normalized spacial score (nSPS) is 13.3. The smallest absolute Gasteiger partial charge is 0.312 e. The Kier molecular flexibility index (Phi) is 14.8. The van der Waals surface area contributed by atoms with Crippen molar-refractivity contribution in [2.75, 3.05) is 6.54 Å². The summed E-state index contributed by atoms with van der Waals surface area (Å²) >= 11 is 0. The van der Waals surface area contributed by atoms with Gasteiger partial charge in [-0.05, 0) is 31.1 Å². The van der Waals surface area contributed by atoms with Crippen LogP contribution >= 0.6 is 0 Å². The SMILES string of the molecule is CC(C)CCCCCC(=O)N[C@H](C(=O)C[C@@H](CCCNC(N)=O)C(=O)C(C)C)C(C)C. The van der Waals surface area contributed by atoms with E-state index in [1.165, 1.54) is 0 Å². The Labute approximate surface area is 188 Å². The van der Waals surface area contributed by atoms with Gasteiger partial charge >= 0.3 is 6.03 Å². The maximum absolute atomic E-state index is 13.0. The van der Waals surface area contributed by atoms with E-state index in [1.807, 2.05) is 27.7 Å². The van der Waals surface area contributed by atoms with Crippen molar-refractivity contribution < 1.29 is 19.2 Å². The molecule has 0 rings (SSSR count). The first-order valence-corrected chi connectivity index (χ1v) is 11.8. The van der Waals surface area contributed by atoms with Crippen molar-refractivity contribution in [1.82, 2.24) is 10.6 Å². The van der Waals surface area contributed by atoms with Gasteiger partial charge in [0.25, 0.3) is 0 Å². The van der Waals surface area contributed by atoms with Crippen molar-refractivity contribution in [1.29, 1.82) is 0 Å². The second kappa shape index (κ2) is 15.8. The van der Waals surface area contributed by atoms with Gasteiger partial charge in [0.05, 0.1) is 6.04 Å². The molecular weight excluding hydrogens is 394 g/mol. The fourth-order valence-corrected chi connectivity index (χ4v) is 3.63. The van der Waals surface area contributed by atoms with E-state index in [0.717, 1.165) is 25.7 Å². The van der Waals surface area contributed by atoms with Crippen LogP contribution in [0.15, 0.2) is 0 Å². The van der Waals surface area contributed by atoms with Crippen LogP contribution in [0, 0.1) is 23.7 Å². The molecule has 0 aromatic carbocycles. The highest BCUT2D eigenvalue weighted by Crippen LogP contribution is 2.20. The van der Waals surface area contributed by atoms with Gasteiger partial charge in [0, 0.05) is 31.2 Å². The standard InChI is InChI=1S/C24H45N3O4/c1-16(2)11-8-7-9-13-21(29)27-22(17(3)4)20(28)15-19(23(30)18(5)6)12-10-14-26-24(25)31/h16-19,22H,7-15H2,1-6H3,(H,27,29)(H3,25,26,31)/t19-,22+/m1/s1. The van der Waals surface area contributed by atoms with E-state index in [2.05, 4.69) is 24.5 Å². The van der Waals surface area contributed by atoms with Crippen molar-refractivity contribution in [2.24, 2.45) is 29.4 Å². The molecule has 0 aliphatic heterocycles. The molecule has 0 unspecified atom stereocenters. The van der Waals surface area contributed by atoms with E-state index in [0.29, 0.717) is 31.7 Å². The predicted octanol–water partition coefficient (Wildman–Crippen LogP) is 3.98. The Morgan fingerprint density at radius 3 is 2.00 bits per heavy atom. The number of ketones is 2. The number of amides is 3. The first kappa shape index (κ1) is 29.1. The van der Waals surface area contributed by atoms with Crippen molar-refractivity contribution in [3.63, 3.8) is 0 Å². The Hall–Kier alpha value is -1.92. The highest BCUT2D eigenvalue weighted by molar-refractivity contribution is 5.93. The van der Waals surface area contributed by atoms with Crippen LogP contribution in [0.25, 0.3) is 0 Å². The summed E-state index contributed by atoms with van der Waals surface area (Å²) in [6.07, 6.45) is 5.68. The Bertz CT molecular complexity index is 573. The third-order valence-corrected chi connectivity index (χ3v) is 5.46. The second-order valence-electron chi connectivity index (χ2n) is 9.64. The molecule has 31 heavy (non-hydrogen) atoms. The molecule has 2 atom stereocenters. The first-order chi connectivity index (χ1) is 14.5. The highest BCUT2D eigenvalue weighted by Gasteiger charge is 2.30. The van der Waals surface area contributed by atoms with E-state index in [1.54, 1.807) is 0 Å². The van der Waals surface area contributed by atoms with Crippen molar-refractivity contribution in [2.45, 2.75) is 99.0 Å². The fourth-order valence-electron chi connectivity index (χ4n) is 3.63. The number of rotatable bonds is 17. The molecule has 0 fully saturated rings. The molecule has 7 nitrogen and oxygen atoms in total. The maximum atomic E-state index is 13.0. The minimum Gasteiger partial charge on any atom is -0.352 e. The lowest BCUT2D eigenvalue weighted by atomic mass is 9.84. The van der Waals surface area contributed by atoms with E-state index < -0.39 is 18.0 Å². The second-order valence-corrected chi connectivity index (χ2v) is 9.64. The average Bonchev–Trinajstić information content (AvgIpc) is 2.66. The van der Waals surface area contributed by atoms with Gasteiger partial charge in [-0.3, -0.25) is 14.4 Å². The van der Waals surface area contributed by atoms with Crippen LogP contribution < -0.4 is 16.4 Å². The maximum Gasteiger partial charge on any atom is 0.312 e. The van der Waals surface area contributed by atoms with Crippen LogP contribution in [-0.4, -0.2) is 36.1 Å². The molecule has 0 bridgehead atoms. The van der Waals surface area contributed by atoms with Gasteiger partial charge in [-0.2, -0.15) is 0 Å². The van der Waals surface area contributed by atoms with Crippen LogP contribution in [0.1, 0.15) is 92.9 Å². The minimum atomic E-state index is -0.602. The average molecular weight is 440 g/mol. The lowest BCUT2D eigenvalue weighted by Gasteiger charge is -2.24. The van der Waals surface area contributed by atoms with E-state index >= 15 is 0 Å². The zero-order valence-electron chi connectivity index (χ0n) is 20.5. The number of carbonyl (C=O) groups excluding carboxylic acids is 4. The number of primary amides is 1. The summed E-state index contributed by atoms with van der Waals surface area (Å²) in [5.74, 6) is -0.157. The van der Waals surface area contributed by atoms with Gasteiger partial charge in [-0.1, -0.05) is 60.8 Å². The Morgan fingerprint density at radius 2 is 1.48 bits per heavy atom. The molecule has 180 valence electrons. The number of nitrogens with one attached hydrogen (secondary N) is 2. The number of carbonyl (C=O) groups is 4. The molecule has 0 radical (unpaired) electrons. The molecule has 0 saturated carbocycles. The minimum absolute atomic E-state index is 0.0337. The predicted molar refractivity (Wildman–Crippen MR) is 124 cm³/mol. The molecular formula is C24H45N3O4. The summed E-state index contributed by atoms with van der Waals surface area (Å²) in [7, 11) is 0. The summed E-state index contributed by atoms with van der Waals surface area (Å²) in [5.41, 5.74) is 5.07. The molecule has 7 heteroatoms. The van der Waals surface area contributed by atoms with E-state index in [-0.39, 0.29) is 35.7 Å². The largest absolute Gasteiger partial charge is 0.352 e. The van der Waals surface area contributed by atoms with Crippen LogP contribution in [-0.2, 0) is 14.4 Å². The molecule has 0 saturated heterocycles. The van der Waals surface area contributed by atoms with Gasteiger partial charge in [0.2, 0.25) is 5.91 Å². The van der Waals surface area contributed by atoms with Gasteiger partial charge in [0.15, 0.2) is 5.78 Å². The van der Waals surface area contributed by atoms with Crippen LogP contribution in [0.3, 0.4) is 0 Å². The van der Waals surface area contributed by atoms with Crippen molar-refractivity contribution in [3.05, 3.63) is 0 Å². The number of hydrogen-bond acceptors (Lipinski definition) is 4. The van der Waals surface area contributed by atoms with Crippen LogP contribution in [0.4, 0.5) is 4.79 Å². The van der Waals surface area contributed by atoms with Gasteiger partial charge in [0.1, 0.15) is 5.78 Å². The first-order valence-electron chi connectivity index (χ1n) is 11.8. The molecule has 0 aliphatic rings. The quantitative estimate of drug-likeness (QED) is 0.297. The van der Waals surface area contributed by atoms with E-state index in [4.69, 9.17) is 5.73 Å². The Morgan fingerprint density at radius 1 is 0.839 bits per heavy atom. The van der Waals surface area contributed by atoms with Crippen LogP contribution in [0.2, 0.25) is 0 Å². The van der Waals surface area contributed by atoms with Gasteiger partial charge in [-0.15, -0.1) is 0 Å². The van der Waals surface area contributed by atoms with Crippen molar-refractivity contribution in [3.8, 4) is 0 Å². The molecule has 4 N–H and O–H groups in total. The summed E-state index contributed by atoms with van der Waals surface area (Å²) in [6, 6.07) is -1.19. The number of nitrogens with two attached hydrogens (primary N) is 1. The number of Topliss-reactive ketones (excluding diaryl/α,β-unsaturated/α-hetero) is 2. The fraction of sp³-hybridized carbons (Fsp3) is 0.833. The Balaban J connectivity index is 4.80. The summed E-state index contributed by atoms with van der Waals surface area (Å²) in [4.78, 5) is 48.8. The highest BCUT2D eigenvalue weighted by atomic mass is 16.2. The van der Waals surface area contributed by atoms with Crippen molar-refractivity contribution >= 4 is 23.5 Å². The lowest BCUT2D eigenvalue weighted by molar-refractivity contribution is -0.133. The van der Waals surface area contributed by atoms with Gasteiger partial charge < -0.3 is 16.4 Å². The summed E-state index contributed by atoms with van der Waals surface area (Å²) in [6.45, 7) is 12.2. The zero-order valence-corrected chi connectivity index (χ0v) is 20.5. The number of urea groups is 1. The monoisotopic (exact) mass is 439 g/mol. The van der Waals surface area contributed by atoms with E-state index in [9.17, 15) is 19.2 Å². The number of hydrogen-bond donors (Lipinski definition) is 3. The van der Waals surface area contributed by atoms with Crippen LogP contribution in [0.5, 0.6) is 0 Å². The molecule has 3 amide bonds. The topological polar surface area (TPSA) is 118 Å².